The molecule has 2 rings (SSSR count). The Balaban J connectivity index is 1.59. The summed E-state index contributed by atoms with van der Waals surface area (Å²) in [6.07, 6.45) is 64.2. The van der Waals surface area contributed by atoms with Crippen molar-refractivity contribution >= 4 is 5.91 Å². The van der Waals surface area contributed by atoms with E-state index in [2.05, 4.69) is 116 Å². The fourth-order valence-corrected chi connectivity index (χ4v) is 11.2. The monoisotopic (exact) mass is 1240 g/mol. The van der Waals surface area contributed by atoms with Gasteiger partial charge in [0.2, 0.25) is 5.91 Å². The summed E-state index contributed by atoms with van der Waals surface area (Å²) in [6, 6.07) is -0.833. The van der Waals surface area contributed by atoms with Gasteiger partial charge in [0.15, 0.2) is 12.6 Å². The van der Waals surface area contributed by atoms with Gasteiger partial charge in [-0.3, -0.25) is 4.79 Å². The van der Waals surface area contributed by atoms with Crippen molar-refractivity contribution in [1.82, 2.24) is 5.32 Å². The van der Waals surface area contributed by atoms with E-state index < -0.39 is 86.8 Å². The average Bonchev–Trinajstić information content (AvgIpc) is 2.99. The number of allylic oxidation sites excluding steroid dienone is 16. The number of aliphatic hydroxyl groups is 8. The first-order chi connectivity index (χ1) is 43.1. The van der Waals surface area contributed by atoms with E-state index in [1.54, 1.807) is 0 Å². The summed E-state index contributed by atoms with van der Waals surface area (Å²) in [5, 5.41) is 87.5. The number of carbonyl (C=O) groups excluding carboxylic acids is 1. The maximum atomic E-state index is 13.3. The second kappa shape index (κ2) is 57.8. The lowest BCUT2D eigenvalue weighted by molar-refractivity contribution is -0.359. The fourth-order valence-electron chi connectivity index (χ4n) is 11.2. The summed E-state index contributed by atoms with van der Waals surface area (Å²) < 4.78 is 22.9. The molecule has 0 bridgehead atoms. The van der Waals surface area contributed by atoms with Gasteiger partial charge in [-0.1, -0.05) is 284 Å². The molecule has 0 aromatic rings. The van der Waals surface area contributed by atoms with E-state index in [4.69, 9.17) is 18.9 Å². The summed E-state index contributed by atoms with van der Waals surface area (Å²) in [5.41, 5.74) is 0. The largest absolute Gasteiger partial charge is 0.394 e. The van der Waals surface area contributed by atoms with Crippen LogP contribution in [-0.4, -0.2) is 140 Å². The summed E-state index contributed by atoms with van der Waals surface area (Å²) >= 11 is 0. The highest BCUT2D eigenvalue weighted by molar-refractivity contribution is 5.76. The summed E-state index contributed by atoms with van der Waals surface area (Å²) in [6.45, 7) is 2.76. The molecule has 2 heterocycles. The normalized spacial score (nSPS) is 23.8. The van der Waals surface area contributed by atoms with Crippen LogP contribution >= 0.6 is 0 Å². The molecular weight excluding hydrogens is 1110 g/mol. The van der Waals surface area contributed by atoms with Crippen LogP contribution in [0.2, 0.25) is 0 Å². The van der Waals surface area contributed by atoms with Crippen molar-refractivity contribution in [2.45, 2.75) is 344 Å². The van der Waals surface area contributed by atoms with E-state index >= 15 is 0 Å². The molecule has 0 aromatic carbocycles. The molecule has 2 aliphatic rings. The number of aliphatic hydroxyl groups excluding tert-OH is 8. The summed E-state index contributed by atoms with van der Waals surface area (Å²) in [4.78, 5) is 13.3. The van der Waals surface area contributed by atoms with Crippen LogP contribution in [0.25, 0.3) is 0 Å². The number of amides is 1. The zero-order chi connectivity index (χ0) is 63.8. The molecule has 88 heavy (non-hydrogen) atoms. The van der Waals surface area contributed by atoms with Gasteiger partial charge in [-0.2, -0.15) is 0 Å². The standard InChI is InChI=1S/C74H129NO13/c1-3-5-7-9-11-13-15-17-19-20-21-22-23-24-25-26-27-28-29-30-31-32-33-34-35-36-37-38-39-40-41-42-44-46-48-50-52-54-56-58-66(79)75-62(63(78)57-55-53-51-49-47-45-43-18-16-14-12-10-8-6-4-2)61-85-73-71(84)69(82)72(65(60-77)87-73)88-74-70(83)68(81)67(80)64(59-76)86-74/h5,7,11,13,17,19,21-22,24-25,27-28,30-31,33-34,62-65,67-74,76-78,80-84H,3-4,6,8-10,12,14-16,18,20,23,26,29,32,35-61H2,1-2H3,(H,75,79)/b7-5-,13-11-,19-17-,22-21-,25-24-,28-27-,31-30-,34-33-. The summed E-state index contributed by atoms with van der Waals surface area (Å²) in [7, 11) is 0. The number of nitrogens with one attached hydrogen (secondary N) is 1. The quantitative estimate of drug-likeness (QED) is 0.0204. The molecule has 508 valence electrons. The van der Waals surface area contributed by atoms with Gasteiger partial charge < -0.3 is 65.1 Å². The minimum absolute atomic E-state index is 0.209. The second-order valence-corrected chi connectivity index (χ2v) is 24.6. The Kier molecular flexibility index (Phi) is 53.2. The average molecular weight is 1240 g/mol. The number of hydrogen-bond acceptors (Lipinski definition) is 13. The smallest absolute Gasteiger partial charge is 0.220 e. The molecule has 14 nitrogen and oxygen atoms in total. The Labute approximate surface area is 534 Å². The van der Waals surface area contributed by atoms with E-state index in [9.17, 15) is 45.6 Å². The molecule has 0 spiro atoms. The molecule has 0 radical (unpaired) electrons. The first kappa shape index (κ1) is 81.0. The van der Waals surface area contributed by atoms with E-state index in [1.807, 2.05) is 0 Å². The number of hydrogen-bond donors (Lipinski definition) is 9. The maximum absolute atomic E-state index is 13.3. The first-order valence-electron chi connectivity index (χ1n) is 35.5. The van der Waals surface area contributed by atoms with Gasteiger partial charge in [0.1, 0.15) is 48.8 Å². The highest BCUT2D eigenvalue weighted by Gasteiger charge is 2.51. The molecular formula is C74H129NO13. The number of ether oxygens (including phenoxy) is 4. The van der Waals surface area contributed by atoms with Gasteiger partial charge in [0, 0.05) is 6.42 Å². The van der Waals surface area contributed by atoms with E-state index in [-0.39, 0.29) is 12.5 Å². The van der Waals surface area contributed by atoms with Crippen molar-refractivity contribution < 1.29 is 64.6 Å². The van der Waals surface area contributed by atoms with Crippen molar-refractivity contribution in [2.75, 3.05) is 19.8 Å². The number of unbranched alkanes of at least 4 members (excludes halogenated alkanes) is 28. The zero-order valence-corrected chi connectivity index (χ0v) is 55.2. The minimum atomic E-state index is -1.79. The lowest BCUT2D eigenvalue weighted by atomic mass is 9.97. The molecule has 2 saturated heterocycles. The third-order valence-corrected chi connectivity index (χ3v) is 16.8. The third kappa shape index (κ3) is 41.4. The van der Waals surface area contributed by atoms with Crippen molar-refractivity contribution in [3.63, 3.8) is 0 Å². The minimum Gasteiger partial charge on any atom is -0.394 e. The van der Waals surface area contributed by atoms with Crippen LogP contribution in [0.15, 0.2) is 97.2 Å². The topological polar surface area (TPSA) is 228 Å². The van der Waals surface area contributed by atoms with E-state index in [0.717, 1.165) is 103 Å². The molecule has 0 aliphatic carbocycles. The molecule has 14 heteroatoms. The van der Waals surface area contributed by atoms with Gasteiger partial charge in [-0.25, -0.2) is 0 Å². The van der Waals surface area contributed by atoms with Crippen LogP contribution in [0, 0.1) is 0 Å². The highest BCUT2D eigenvalue weighted by Crippen LogP contribution is 2.30. The van der Waals surface area contributed by atoms with Crippen LogP contribution in [-0.2, 0) is 23.7 Å². The van der Waals surface area contributed by atoms with Crippen LogP contribution in [0.3, 0.4) is 0 Å². The van der Waals surface area contributed by atoms with Crippen molar-refractivity contribution in [1.29, 1.82) is 0 Å². The fraction of sp³-hybridized carbons (Fsp3) is 0.770. The highest BCUT2D eigenvalue weighted by atomic mass is 16.7. The van der Waals surface area contributed by atoms with Gasteiger partial charge in [0.25, 0.3) is 0 Å². The van der Waals surface area contributed by atoms with Crippen LogP contribution in [0.1, 0.15) is 271 Å². The molecule has 1 amide bonds. The first-order valence-corrected chi connectivity index (χ1v) is 35.5. The summed E-state index contributed by atoms with van der Waals surface area (Å²) in [5.74, 6) is -0.209. The molecule has 9 N–H and O–H groups in total. The molecule has 0 saturated carbocycles. The molecule has 12 unspecified atom stereocenters. The van der Waals surface area contributed by atoms with E-state index in [1.165, 1.54) is 141 Å². The van der Waals surface area contributed by atoms with E-state index in [0.29, 0.717) is 12.8 Å². The Morgan fingerprint density at radius 1 is 0.420 bits per heavy atom. The molecule has 2 aliphatic heterocycles. The molecule has 2 fully saturated rings. The predicted octanol–water partition coefficient (Wildman–Crippen LogP) is 14.6. The van der Waals surface area contributed by atoms with Crippen molar-refractivity contribution in [3.8, 4) is 0 Å². The van der Waals surface area contributed by atoms with Gasteiger partial charge in [0.05, 0.1) is 32.0 Å². The zero-order valence-electron chi connectivity index (χ0n) is 55.2. The van der Waals surface area contributed by atoms with Crippen LogP contribution in [0.5, 0.6) is 0 Å². The Bertz CT molecular complexity index is 1850. The molecule has 12 atom stereocenters. The third-order valence-electron chi connectivity index (χ3n) is 16.8. The van der Waals surface area contributed by atoms with Crippen LogP contribution < -0.4 is 5.32 Å². The van der Waals surface area contributed by atoms with Crippen molar-refractivity contribution in [2.24, 2.45) is 0 Å². The Hall–Kier alpha value is -3.09. The number of carbonyl (C=O) groups is 1. The maximum Gasteiger partial charge on any atom is 0.220 e. The van der Waals surface area contributed by atoms with Gasteiger partial charge >= 0.3 is 0 Å². The number of rotatable bonds is 57. The van der Waals surface area contributed by atoms with Crippen LogP contribution in [0.4, 0.5) is 0 Å². The lowest BCUT2D eigenvalue weighted by Crippen LogP contribution is -2.65. The second-order valence-electron chi connectivity index (χ2n) is 24.6. The SMILES string of the molecule is CC/C=C\C/C=C\C/C=C\C/C=C\C/C=C\C/C=C\C/C=C\C/C=C\CCCCCCCCCCCCCCCCC(=O)NC(COC1OC(CO)C(OC2OC(CO)C(O)C(O)C2O)C(O)C1O)C(O)CCCCCCCCCCCCCCCCC. The Morgan fingerprint density at radius 2 is 0.784 bits per heavy atom. The lowest BCUT2D eigenvalue weighted by Gasteiger charge is -2.46. The van der Waals surface area contributed by atoms with Gasteiger partial charge in [-0.15, -0.1) is 0 Å². The van der Waals surface area contributed by atoms with Crippen molar-refractivity contribution in [3.05, 3.63) is 97.2 Å². The van der Waals surface area contributed by atoms with Gasteiger partial charge in [-0.05, 0) is 77.0 Å². The molecule has 0 aromatic heterocycles. The Morgan fingerprint density at radius 3 is 1.20 bits per heavy atom. The predicted molar refractivity (Wildman–Crippen MR) is 359 cm³/mol.